The quantitative estimate of drug-likeness (QED) is 0.922. The van der Waals surface area contributed by atoms with Crippen molar-refractivity contribution in [2.75, 3.05) is 0 Å². The molecule has 0 atom stereocenters. The third-order valence-corrected chi connectivity index (χ3v) is 2.60. The van der Waals surface area contributed by atoms with Crippen molar-refractivity contribution in [2.24, 2.45) is 0 Å². The van der Waals surface area contributed by atoms with Gasteiger partial charge in [-0.15, -0.1) is 0 Å². The Hall–Kier alpha value is -2.01. The van der Waals surface area contributed by atoms with Gasteiger partial charge in [0.25, 0.3) is 0 Å². The predicted octanol–water partition coefficient (Wildman–Crippen LogP) is 3.18. The topological polar surface area (TPSA) is 29.5 Å². The number of aliphatic hydroxyl groups is 1. The minimum Gasteiger partial charge on any atom is -0.485 e. The molecule has 0 aliphatic rings. The molecule has 0 aliphatic heterocycles. The maximum atomic E-state index is 13.5. The van der Waals surface area contributed by atoms with Crippen LogP contribution in [0.5, 0.6) is 5.75 Å². The van der Waals surface area contributed by atoms with Gasteiger partial charge in [-0.3, -0.25) is 0 Å². The van der Waals surface area contributed by atoms with E-state index in [-0.39, 0.29) is 23.5 Å². The molecule has 100 valence electrons. The van der Waals surface area contributed by atoms with Crippen LogP contribution in [0.3, 0.4) is 0 Å². The molecule has 2 aromatic rings. The normalized spacial score (nSPS) is 10.5. The van der Waals surface area contributed by atoms with Crippen molar-refractivity contribution in [3.05, 3.63) is 65.0 Å². The fourth-order valence-electron chi connectivity index (χ4n) is 1.64. The highest BCUT2D eigenvalue weighted by molar-refractivity contribution is 5.34. The Kier molecular flexibility index (Phi) is 4.06. The van der Waals surface area contributed by atoms with Crippen LogP contribution in [-0.2, 0) is 13.2 Å². The molecule has 1 N–H and O–H groups in total. The molecule has 5 heteroatoms. The fourth-order valence-corrected chi connectivity index (χ4v) is 1.64. The van der Waals surface area contributed by atoms with Gasteiger partial charge in [-0.1, -0.05) is 12.1 Å². The van der Waals surface area contributed by atoms with Crippen LogP contribution >= 0.6 is 0 Å². The summed E-state index contributed by atoms with van der Waals surface area (Å²) >= 11 is 0. The highest BCUT2D eigenvalue weighted by Crippen LogP contribution is 2.24. The first-order valence-corrected chi connectivity index (χ1v) is 5.57. The molecule has 0 saturated heterocycles. The van der Waals surface area contributed by atoms with Gasteiger partial charge in [-0.05, 0) is 24.3 Å². The van der Waals surface area contributed by atoms with Gasteiger partial charge in [0.1, 0.15) is 18.2 Å². The van der Waals surface area contributed by atoms with Gasteiger partial charge >= 0.3 is 0 Å². The van der Waals surface area contributed by atoms with Gasteiger partial charge in [-0.2, -0.15) is 0 Å². The number of benzene rings is 2. The van der Waals surface area contributed by atoms with Crippen molar-refractivity contribution in [2.45, 2.75) is 13.2 Å². The molecular formula is C14H11F3O2. The van der Waals surface area contributed by atoms with Crippen molar-refractivity contribution in [3.63, 3.8) is 0 Å². The van der Waals surface area contributed by atoms with Gasteiger partial charge in [0.2, 0.25) is 0 Å². The van der Waals surface area contributed by atoms with Gasteiger partial charge in [0.15, 0.2) is 11.6 Å². The van der Waals surface area contributed by atoms with Crippen LogP contribution in [0.25, 0.3) is 0 Å². The molecule has 2 aromatic carbocycles. The second-order valence-corrected chi connectivity index (χ2v) is 3.91. The molecule has 0 unspecified atom stereocenters. The summed E-state index contributed by atoms with van der Waals surface area (Å²) in [5.41, 5.74) is 0.226. The zero-order valence-electron chi connectivity index (χ0n) is 9.87. The molecular weight excluding hydrogens is 257 g/mol. The molecule has 2 rings (SSSR count). The Balaban J connectivity index is 2.21. The molecule has 0 bridgehead atoms. The van der Waals surface area contributed by atoms with Crippen molar-refractivity contribution >= 4 is 0 Å². The summed E-state index contributed by atoms with van der Waals surface area (Å²) in [6, 6.07) is 7.02. The van der Waals surface area contributed by atoms with E-state index in [4.69, 9.17) is 9.84 Å². The second kappa shape index (κ2) is 5.75. The molecule has 0 saturated carbocycles. The fraction of sp³-hybridized carbons (Fsp3) is 0.143. The van der Waals surface area contributed by atoms with Gasteiger partial charge < -0.3 is 9.84 Å². The van der Waals surface area contributed by atoms with Crippen molar-refractivity contribution in [1.82, 2.24) is 0 Å². The summed E-state index contributed by atoms with van der Waals surface area (Å²) in [5, 5.41) is 9.06. The molecule has 0 spiro atoms. The van der Waals surface area contributed by atoms with E-state index in [0.717, 1.165) is 24.3 Å². The SMILES string of the molecule is OCc1cccc(F)c1OCc1cc(F)ccc1F. The third-order valence-electron chi connectivity index (χ3n) is 2.60. The molecule has 19 heavy (non-hydrogen) atoms. The monoisotopic (exact) mass is 268 g/mol. The first kappa shape index (κ1) is 13.4. The van der Waals surface area contributed by atoms with Crippen LogP contribution in [0, 0.1) is 17.5 Å². The largest absolute Gasteiger partial charge is 0.485 e. The Morgan fingerprint density at radius 1 is 0.947 bits per heavy atom. The van der Waals surface area contributed by atoms with Gasteiger partial charge in [0.05, 0.1) is 6.61 Å². The predicted molar refractivity (Wildman–Crippen MR) is 63.0 cm³/mol. The second-order valence-electron chi connectivity index (χ2n) is 3.91. The molecule has 2 nitrogen and oxygen atoms in total. The van der Waals surface area contributed by atoms with Crippen molar-refractivity contribution < 1.29 is 23.0 Å². The maximum absolute atomic E-state index is 13.5. The number of halogens is 3. The number of para-hydroxylation sites is 1. The first-order chi connectivity index (χ1) is 9.11. The molecule has 0 fully saturated rings. The zero-order valence-corrected chi connectivity index (χ0v) is 9.87. The summed E-state index contributed by atoms with van der Waals surface area (Å²) in [4.78, 5) is 0. The smallest absolute Gasteiger partial charge is 0.165 e. The highest BCUT2D eigenvalue weighted by Gasteiger charge is 2.11. The van der Waals surface area contributed by atoms with E-state index in [0.29, 0.717) is 0 Å². The lowest BCUT2D eigenvalue weighted by molar-refractivity contribution is 0.249. The van der Waals surface area contributed by atoms with Crippen LogP contribution < -0.4 is 4.74 Å². The Morgan fingerprint density at radius 2 is 1.74 bits per heavy atom. The minimum absolute atomic E-state index is 0.0212. The molecule has 0 radical (unpaired) electrons. The number of rotatable bonds is 4. The van der Waals surface area contributed by atoms with E-state index >= 15 is 0 Å². The van der Waals surface area contributed by atoms with E-state index in [1.165, 1.54) is 12.1 Å². The average molecular weight is 268 g/mol. The third kappa shape index (κ3) is 3.06. The molecule has 0 aliphatic carbocycles. The molecule has 0 amide bonds. The van der Waals surface area contributed by atoms with Crippen LogP contribution in [0.15, 0.2) is 36.4 Å². The maximum Gasteiger partial charge on any atom is 0.165 e. The lowest BCUT2D eigenvalue weighted by Crippen LogP contribution is -2.03. The Bertz CT molecular complexity index is 585. The highest BCUT2D eigenvalue weighted by atomic mass is 19.1. The van der Waals surface area contributed by atoms with Crippen LogP contribution in [0.4, 0.5) is 13.2 Å². The average Bonchev–Trinajstić information content (AvgIpc) is 2.40. The standard InChI is InChI=1S/C14H11F3O2/c15-11-4-5-12(16)10(6-11)8-19-14-9(7-18)2-1-3-13(14)17/h1-6,18H,7-8H2. The van der Waals surface area contributed by atoms with Crippen molar-refractivity contribution in [1.29, 1.82) is 0 Å². The van der Waals surface area contributed by atoms with Gasteiger partial charge in [0, 0.05) is 11.1 Å². The van der Waals surface area contributed by atoms with Crippen LogP contribution in [0.2, 0.25) is 0 Å². The number of aliphatic hydroxyl groups excluding tert-OH is 1. The minimum atomic E-state index is -0.664. The summed E-state index contributed by atoms with van der Waals surface area (Å²) in [5.74, 6) is -2.06. The van der Waals surface area contributed by atoms with Crippen LogP contribution in [-0.4, -0.2) is 5.11 Å². The Morgan fingerprint density at radius 3 is 2.47 bits per heavy atom. The summed E-state index contributed by atoms with van der Waals surface area (Å²) in [6.45, 7) is -0.726. The number of hydrogen-bond acceptors (Lipinski definition) is 2. The van der Waals surface area contributed by atoms with Gasteiger partial charge in [-0.25, -0.2) is 13.2 Å². The summed E-state index contributed by atoms with van der Waals surface area (Å²) in [7, 11) is 0. The number of hydrogen-bond donors (Lipinski definition) is 1. The first-order valence-electron chi connectivity index (χ1n) is 5.57. The lowest BCUT2D eigenvalue weighted by Gasteiger charge is -2.11. The van der Waals surface area contributed by atoms with E-state index in [9.17, 15) is 13.2 Å². The van der Waals surface area contributed by atoms with E-state index in [1.54, 1.807) is 0 Å². The van der Waals surface area contributed by atoms with E-state index in [1.807, 2.05) is 0 Å². The van der Waals surface area contributed by atoms with Crippen LogP contribution in [0.1, 0.15) is 11.1 Å². The van der Waals surface area contributed by atoms with Crippen molar-refractivity contribution in [3.8, 4) is 5.75 Å². The zero-order chi connectivity index (χ0) is 13.8. The van der Waals surface area contributed by atoms with E-state index < -0.39 is 24.1 Å². The Labute approximate surface area is 108 Å². The summed E-state index contributed by atoms with van der Waals surface area (Å²) in [6.07, 6.45) is 0. The number of ether oxygens (including phenoxy) is 1. The molecule has 0 heterocycles. The molecule has 0 aromatic heterocycles. The summed E-state index contributed by atoms with van der Waals surface area (Å²) < 4.78 is 45.0. The van der Waals surface area contributed by atoms with E-state index in [2.05, 4.69) is 0 Å². The lowest BCUT2D eigenvalue weighted by atomic mass is 10.2.